The first kappa shape index (κ1) is 18.2. The maximum Gasteiger partial charge on any atom is 0.225 e. The first-order valence-corrected chi connectivity index (χ1v) is 9.63. The van der Waals surface area contributed by atoms with Crippen molar-refractivity contribution in [2.24, 2.45) is 5.92 Å². The first-order valence-electron chi connectivity index (χ1n) is 9.63. The average Bonchev–Trinajstić information content (AvgIpc) is 3.27. The highest BCUT2D eigenvalue weighted by Gasteiger charge is 2.26. The number of amides is 1. The lowest BCUT2D eigenvalue weighted by Gasteiger charge is -2.32. The van der Waals surface area contributed by atoms with Gasteiger partial charge in [0.2, 0.25) is 11.9 Å². The van der Waals surface area contributed by atoms with Gasteiger partial charge in [-0.25, -0.2) is 9.97 Å². The van der Waals surface area contributed by atoms with Gasteiger partial charge in [-0.05, 0) is 36.1 Å². The summed E-state index contributed by atoms with van der Waals surface area (Å²) in [5.74, 6) is 0.745. The number of hydrogen-bond donors (Lipinski definition) is 1. The quantitative estimate of drug-likeness (QED) is 0.714. The molecule has 0 aliphatic carbocycles. The summed E-state index contributed by atoms with van der Waals surface area (Å²) in [4.78, 5) is 23.5. The van der Waals surface area contributed by atoms with E-state index in [4.69, 9.17) is 0 Å². The van der Waals surface area contributed by atoms with E-state index in [2.05, 4.69) is 37.4 Å². The van der Waals surface area contributed by atoms with E-state index in [0.29, 0.717) is 25.6 Å². The van der Waals surface area contributed by atoms with Gasteiger partial charge in [-0.15, -0.1) is 0 Å². The number of anilines is 1. The van der Waals surface area contributed by atoms with Crippen molar-refractivity contribution < 1.29 is 4.79 Å². The second-order valence-corrected chi connectivity index (χ2v) is 7.02. The highest BCUT2D eigenvalue weighted by molar-refractivity contribution is 5.79. The Balaban J connectivity index is 1.37. The monoisotopic (exact) mass is 376 g/mol. The fourth-order valence-corrected chi connectivity index (χ4v) is 3.61. The predicted octanol–water partition coefficient (Wildman–Crippen LogP) is 2.25. The summed E-state index contributed by atoms with van der Waals surface area (Å²) in [5.41, 5.74) is 2.28. The van der Waals surface area contributed by atoms with Crippen LogP contribution in [0.3, 0.4) is 0 Å². The van der Waals surface area contributed by atoms with Crippen LogP contribution in [-0.2, 0) is 17.9 Å². The van der Waals surface area contributed by atoms with Crippen LogP contribution in [0, 0.1) is 5.92 Å². The third kappa shape index (κ3) is 4.36. The lowest BCUT2D eigenvalue weighted by molar-refractivity contribution is -0.125. The van der Waals surface area contributed by atoms with Crippen molar-refractivity contribution in [1.29, 1.82) is 0 Å². The highest BCUT2D eigenvalue weighted by atomic mass is 16.1. The molecule has 1 aliphatic heterocycles. The van der Waals surface area contributed by atoms with Gasteiger partial charge in [-0.3, -0.25) is 9.48 Å². The van der Waals surface area contributed by atoms with E-state index in [0.717, 1.165) is 30.5 Å². The van der Waals surface area contributed by atoms with Gasteiger partial charge in [0, 0.05) is 44.4 Å². The largest absolute Gasteiger partial charge is 0.352 e. The summed E-state index contributed by atoms with van der Waals surface area (Å²) in [6.07, 6.45) is 9.05. The molecule has 0 spiro atoms. The Kier molecular flexibility index (Phi) is 5.61. The summed E-state index contributed by atoms with van der Waals surface area (Å²) in [7, 11) is 0. The molecule has 3 heterocycles. The number of benzene rings is 1. The van der Waals surface area contributed by atoms with Crippen LogP contribution >= 0.6 is 0 Å². The molecule has 28 heavy (non-hydrogen) atoms. The van der Waals surface area contributed by atoms with Crippen molar-refractivity contribution in [2.45, 2.75) is 25.9 Å². The molecule has 0 radical (unpaired) electrons. The molecule has 3 aromatic rings. The molecule has 1 amide bonds. The van der Waals surface area contributed by atoms with Crippen molar-refractivity contribution in [3.8, 4) is 0 Å². The molecular formula is C21H24N6O. The molecule has 4 rings (SSSR count). The van der Waals surface area contributed by atoms with E-state index in [1.54, 1.807) is 24.7 Å². The fraction of sp³-hybridized carbons (Fsp3) is 0.333. The van der Waals surface area contributed by atoms with Gasteiger partial charge in [-0.2, -0.15) is 5.10 Å². The van der Waals surface area contributed by atoms with E-state index in [9.17, 15) is 4.79 Å². The molecule has 1 unspecified atom stereocenters. The normalized spacial score (nSPS) is 16.7. The predicted molar refractivity (Wildman–Crippen MR) is 107 cm³/mol. The molecule has 1 atom stereocenters. The van der Waals surface area contributed by atoms with Gasteiger partial charge < -0.3 is 10.2 Å². The summed E-state index contributed by atoms with van der Waals surface area (Å²) in [6, 6.07) is 11.9. The lowest BCUT2D eigenvalue weighted by atomic mass is 9.97. The standard InChI is InChI=1S/C21H24N6O/c28-20(19-8-3-12-26(15-19)21-22-9-4-10-23-21)24-14-17-6-1-2-7-18(17)16-27-13-5-11-25-27/h1-2,4-7,9-11,13,19H,3,8,12,14-16H2,(H,24,28). The maximum atomic E-state index is 12.8. The van der Waals surface area contributed by atoms with Crippen LogP contribution in [0.4, 0.5) is 5.95 Å². The number of carbonyl (C=O) groups excluding carboxylic acids is 1. The summed E-state index contributed by atoms with van der Waals surface area (Å²) in [5, 5.41) is 7.40. The lowest BCUT2D eigenvalue weighted by Crippen LogP contribution is -2.43. The van der Waals surface area contributed by atoms with Crippen molar-refractivity contribution in [1.82, 2.24) is 25.1 Å². The Morgan fingerprint density at radius 3 is 2.68 bits per heavy atom. The van der Waals surface area contributed by atoms with E-state index in [-0.39, 0.29) is 11.8 Å². The number of rotatable bonds is 6. The smallest absolute Gasteiger partial charge is 0.225 e. The Morgan fingerprint density at radius 1 is 1.07 bits per heavy atom. The van der Waals surface area contributed by atoms with Crippen LogP contribution in [0.2, 0.25) is 0 Å². The number of piperidine rings is 1. The average molecular weight is 376 g/mol. The maximum absolute atomic E-state index is 12.8. The number of nitrogens with one attached hydrogen (secondary N) is 1. The van der Waals surface area contributed by atoms with Gasteiger partial charge in [0.25, 0.3) is 0 Å². The van der Waals surface area contributed by atoms with Gasteiger partial charge >= 0.3 is 0 Å². The Morgan fingerprint density at radius 2 is 1.89 bits per heavy atom. The molecule has 1 fully saturated rings. The second-order valence-electron chi connectivity index (χ2n) is 7.02. The van der Waals surface area contributed by atoms with Gasteiger partial charge in [0.05, 0.1) is 12.5 Å². The van der Waals surface area contributed by atoms with Gasteiger partial charge in [0.1, 0.15) is 0 Å². The minimum atomic E-state index is -0.0455. The van der Waals surface area contributed by atoms with Crippen molar-refractivity contribution in [3.05, 3.63) is 72.3 Å². The Hall–Kier alpha value is -3.22. The van der Waals surface area contributed by atoms with Gasteiger partial charge in [-0.1, -0.05) is 24.3 Å². The summed E-state index contributed by atoms with van der Waals surface area (Å²) >= 11 is 0. The van der Waals surface area contributed by atoms with Crippen molar-refractivity contribution >= 4 is 11.9 Å². The molecule has 2 aromatic heterocycles. The molecule has 1 aliphatic rings. The molecular weight excluding hydrogens is 352 g/mol. The first-order chi connectivity index (χ1) is 13.8. The van der Waals surface area contributed by atoms with Gasteiger partial charge in [0.15, 0.2) is 0 Å². The highest BCUT2D eigenvalue weighted by Crippen LogP contribution is 2.20. The van der Waals surface area contributed by atoms with Crippen LogP contribution in [0.15, 0.2) is 61.2 Å². The molecule has 0 saturated carbocycles. The molecule has 144 valence electrons. The Labute approximate surface area is 164 Å². The second kappa shape index (κ2) is 8.65. The third-order valence-electron chi connectivity index (χ3n) is 5.09. The zero-order valence-corrected chi connectivity index (χ0v) is 15.7. The Bertz CT molecular complexity index is 896. The fourth-order valence-electron chi connectivity index (χ4n) is 3.61. The summed E-state index contributed by atoms with van der Waals surface area (Å²) in [6.45, 7) is 2.77. The molecule has 1 N–H and O–H groups in total. The SMILES string of the molecule is O=C(NCc1ccccc1Cn1cccn1)C1CCCN(c2ncccn2)C1. The zero-order valence-electron chi connectivity index (χ0n) is 15.7. The van der Waals surface area contributed by atoms with Crippen LogP contribution in [-0.4, -0.2) is 38.7 Å². The number of carbonyl (C=O) groups is 1. The van der Waals surface area contributed by atoms with E-state index >= 15 is 0 Å². The van der Waals surface area contributed by atoms with Crippen LogP contribution in [0.25, 0.3) is 0 Å². The third-order valence-corrected chi connectivity index (χ3v) is 5.09. The molecule has 7 heteroatoms. The topological polar surface area (TPSA) is 75.9 Å². The minimum absolute atomic E-state index is 0.0455. The summed E-state index contributed by atoms with van der Waals surface area (Å²) < 4.78 is 1.89. The molecule has 0 bridgehead atoms. The van der Waals surface area contributed by atoms with Crippen molar-refractivity contribution in [2.75, 3.05) is 18.0 Å². The van der Waals surface area contributed by atoms with E-state index < -0.39 is 0 Å². The number of nitrogens with zero attached hydrogens (tertiary/aromatic N) is 5. The zero-order chi connectivity index (χ0) is 19.2. The van der Waals surface area contributed by atoms with Crippen molar-refractivity contribution in [3.63, 3.8) is 0 Å². The van der Waals surface area contributed by atoms with Crippen LogP contribution in [0.5, 0.6) is 0 Å². The molecule has 7 nitrogen and oxygen atoms in total. The van der Waals surface area contributed by atoms with Crippen LogP contribution in [0.1, 0.15) is 24.0 Å². The minimum Gasteiger partial charge on any atom is -0.352 e. The van der Waals surface area contributed by atoms with E-state index in [1.165, 1.54) is 0 Å². The van der Waals surface area contributed by atoms with E-state index in [1.807, 2.05) is 29.1 Å². The number of hydrogen-bond acceptors (Lipinski definition) is 5. The molecule has 1 saturated heterocycles. The molecule has 1 aromatic carbocycles. The number of aromatic nitrogens is 4. The van der Waals surface area contributed by atoms with Crippen LogP contribution < -0.4 is 10.2 Å².